The lowest BCUT2D eigenvalue weighted by Crippen LogP contribution is -2.33. The van der Waals surface area contributed by atoms with E-state index < -0.39 is 10.1 Å². The van der Waals surface area contributed by atoms with Crippen molar-refractivity contribution in [2.24, 2.45) is 5.92 Å². The number of carbonyl (C=O) groups is 1. The lowest BCUT2D eigenvalue weighted by Gasteiger charge is -2.24. The first-order valence-electron chi connectivity index (χ1n) is 9.78. The third-order valence-electron chi connectivity index (χ3n) is 4.50. The number of benzene rings is 2. The SMILES string of the molecule is Cc1cccc(Cl)c1S(=O)(=O)Oc1cccc(CN(CC(C)C)C(=O)c2ccco2)c1. The van der Waals surface area contributed by atoms with Crippen LogP contribution in [0.2, 0.25) is 5.02 Å². The van der Waals surface area contributed by atoms with Gasteiger partial charge >= 0.3 is 10.1 Å². The molecule has 0 bridgehead atoms. The minimum atomic E-state index is -4.12. The van der Waals surface area contributed by atoms with Crippen molar-refractivity contribution in [3.05, 3.63) is 82.8 Å². The highest BCUT2D eigenvalue weighted by Crippen LogP contribution is 2.28. The molecule has 1 heterocycles. The maximum atomic E-state index is 12.8. The van der Waals surface area contributed by atoms with E-state index in [1.807, 2.05) is 19.9 Å². The second-order valence-electron chi connectivity index (χ2n) is 7.63. The van der Waals surface area contributed by atoms with E-state index >= 15 is 0 Å². The quantitative estimate of drug-likeness (QED) is 0.425. The highest BCUT2D eigenvalue weighted by atomic mass is 35.5. The van der Waals surface area contributed by atoms with Crippen molar-refractivity contribution < 1.29 is 21.8 Å². The van der Waals surface area contributed by atoms with Crippen molar-refractivity contribution >= 4 is 27.6 Å². The number of aryl methyl sites for hydroxylation is 1. The van der Waals surface area contributed by atoms with Gasteiger partial charge < -0.3 is 13.5 Å². The molecule has 1 aromatic heterocycles. The molecule has 0 unspecified atom stereocenters. The first-order chi connectivity index (χ1) is 14.7. The van der Waals surface area contributed by atoms with Crippen molar-refractivity contribution in [2.75, 3.05) is 6.54 Å². The predicted octanol–water partition coefficient (Wildman–Crippen LogP) is 5.31. The molecule has 0 fully saturated rings. The lowest BCUT2D eigenvalue weighted by atomic mass is 10.1. The molecule has 1 amide bonds. The summed E-state index contributed by atoms with van der Waals surface area (Å²) in [5, 5.41) is 0.100. The predicted molar refractivity (Wildman–Crippen MR) is 119 cm³/mol. The number of hydrogen-bond donors (Lipinski definition) is 0. The normalized spacial score (nSPS) is 11.5. The van der Waals surface area contributed by atoms with E-state index in [-0.39, 0.29) is 39.8 Å². The summed E-state index contributed by atoms with van der Waals surface area (Å²) >= 11 is 6.10. The number of carbonyl (C=O) groups excluding carboxylic acids is 1. The van der Waals surface area contributed by atoms with Crippen LogP contribution in [-0.2, 0) is 16.7 Å². The standard InChI is InChI=1S/C23H24ClNO5S/c1-16(2)14-25(23(26)21-11-6-12-29-21)15-18-8-5-9-19(13-18)30-31(27,28)22-17(3)7-4-10-20(22)24/h4-13,16H,14-15H2,1-3H3. The van der Waals surface area contributed by atoms with Crippen molar-refractivity contribution in [1.29, 1.82) is 0 Å². The number of halogens is 1. The van der Waals surface area contributed by atoms with Gasteiger partial charge in [-0.2, -0.15) is 8.42 Å². The molecule has 31 heavy (non-hydrogen) atoms. The maximum Gasteiger partial charge on any atom is 0.340 e. The Balaban J connectivity index is 1.84. The number of hydrogen-bond acceptors (Lipinski definition) is 5. The van der Waals surface area contributed by atoms with Gasteiger partial charge in [0.05, 0.1) is 11.3 Å². The van der Waals surface area contributed by atoms with Crippen LogP contribution >= 0.6 is 11.6 Å². The van der Waals surface area contributed by atoms with E-state index in [9.17, 15) is 13.2 Å². The Bertz CT molecular complexity index is 1140. The highest BCUT2D eigenvalue weighted by molar-refractivity contribution is 7.87. The molecule has 0 spiro atoms. The van der Waals surface area contributed by atoms with Gasteiger partial charge in [0.2, 0.25) is 0 Å². The molecule has 0 saturated carbocycles. The Labute approximate surface area is 187 Å². The van der Waals surface area contributed by atoms with Crippen LogP contribution in [0.1, 0.15) is 35.5 Å². The fourth-order valence-electron chi connectivity index (χ4n) is 3.23. The number of amides is 1. The topological polar surface area (TPSA) is 76.8 Å². The van der Waals surface area contributed by atoms with Crippen molar-refractivity contribution in [3.8, 4) is 5.75 Å². The summed E-state index contributed by atoms with van der Waals surface area (Å²) in [4.78, 5) is 14.4. The Morgan fingerprint density at radius 1 is 1.13 bits per heavy atom. The number of rotatable bonds is 8. The minimum Gasteiger partial charge on any atom is -0.459 e. The molecular weight excluding hydrogens is 438 g/mol. The summed E-state index contributed by atoms with van der Waals surface area (Å²) in [6.45, 7) is 6.48. The summed E-state index contributed by atoms with van der Waals surface area (Å²) in [7, 11) is -4.12. The molecule has 0 aliphatic carbocycles. The van der Waals surface area contributed by atoms with E-state index in [4.69, 9.17) is 20.2 Å². The average molecular weight is 462 g/mol. The summed E-state index contributed by atoms with van der Waals surface area (Å²) in [5.74, 6) is 0.405. The van der Waals surface area contributed by atoms with E-state index in [1.54, 1.807) is 54.3 Å². The number of nitrogens with zero attached hydrogens (tertiary/aromatic N) is 1. The molecule has 6 nitrogen and oxygen atoms in total. The minimum absolute atomic E-state index is 0.0588. The first-order valence-corrected chi connectivity index (χ1v) is 11.6. The zero-order chi connectivity index (χ0) is 22.6. The molecule has 0 aliphatic rings. The molecule has 0 atom stereocenters. The largest absolute Gasteiger partial charge is 0.459 e. The van der Waals surface area contributed by atoms with Crippen LogP contribution < -0.4 is 4.18 Å². The molecular formula is C23H24ClNO5S. The van der Waals surface area contributed by atoms with Gasteiger partial charge in [-0.25, -0.2) is 0 Å². The zero-order valence-corrected chi connectivity index (χ0v) is 19.1. The molecule has 0 radical (unpaired) electrons. The van der Waals surface area contributed by atoms with Gasteiger partial charge in [0.25, 0.3) is 5.91 Å². The molecule has 2 aromatic carbocycles. The van der Waals surface area contributed by atoms with E-state index in [0.29, 0.717) is 12.1 Å². The van der Waals surface area contributed by atoms with Crippen LogP contribution in [0.15, 0.2) is 70.2 Å². The molecule has 3 rings (SSSR count). The molecule has 0 aliphatic heterocycles. The number of furan rings is 1. The smallest absolute Gasteiger partial charge is 0.340 e. The van der Waals surface area contributed by atoms with Crippen LogP contribution in [0.5, 0.6) is 5.75 Å². The maximum absolute atomic E-state index is 12.8. The van der Waals surface area contributed by atoms with Crippen LogP contribution in [0.4, 0.5) is 0 Å². The Morgan fingerprint density at radius 3 is 2.52 bits per heavy atom. The van der Waals surface area contributed by atoms with Gasteiger partial charge in [0.15, 0.2) is 5.76 Å². The average Bonchev–Trinajstić information content (AvgIpc) is 3.21. The highest BCUT2D eigenvalue weighted by Gasteiger charge is 2.24. The van der Waals surface area contributed by atoms with Gasteiger partial charge in [-0.05, 0) is 54.3 Å². The Hall–Kier alpha value is -2.77. The third-order valence-corrected chi connectivity index (χ3v) is 6.38. The van der Waals surface area contributed by atoms with Gasteiger partial charge in [-0.1, -0.05) is 49.7 Å². The molecule has 8 heteroatoms. The summed E-state index contributed by atoms with van der Waals surface area (Å²) in [6, 6.07) is 14.8. The molecule has 0 saturated heterocycles. The Morgan fingerprint density at radius 2 is 1.87 bits per heavy atom. The first kappa shape index (κ1) is 22.9. The van der Waals surface area contributed by atoms with E-state index in [1.165, 1.54) is 12.3 Å². The summed E-state index contributed by atoms with van der Waals surface area (Å²) in [6.07, 6.45) is 1.46. The van der Waals surface area contributed by atoms with Crippen LogP contribution in [0.3, 0.4) is 0 Å². The van der Waals surface area contributed by atoms with Gasteiger partial charge in [0.1, 0.15) is 10.6 Å². The monoisotopic (exact) mass is 461 g/mol. The van der Waals surface area contributed by atoms with Gasteiger partial charge in [0, 0.05) is 13.1 Å². The van der Waals surface area contributed by atoms with Crippen molar-refractivity contribution in [1.82, 2.24) is 4.90 Å². The second-order valence-corrected chi connectivity index (χ2v) is 9.52. The van der Waals surface area contributed by atoms with Crippen LogP contribution in [0, 0.1) is 12.8 Å². The van der Waals surface area contributed by atoms with Crippen molar-refractivity contribution in [2.45, 2.75) is 32.2 Å². The lowest BCUT2D eigenvalue weighted by molar-refractivity contribution is 0.0690. The fraction of sp³-hybridized carbons (Fsp3) is 0.261. The van der Waals surface area contributed by atoms with E-state index in [0.717, 1.165) is 5.56 Å². The fourth-order valence-corrected chi connectivity index (χ4v) is 4.95. The molecule has 3 aromatic rings. The van der Waals surface area contributed by atoms with Gasteiger partial charge in [-0.15, -0.1) is 0 Å². The Kier molecular flexibility index (Phi) is 7.08. The third kappa shape index (κ3) is 5.68. The summed E-state index contributed by atoms with van der Waals surface area (Å²) in [5.41, 5.74) is 1.22. The molecule has 0 N–H and O–H groups in total. The van der Waals surface area contributed by atoms with E-state index in [2.05, 4.69) is 0 Å². The van der Waals surface area contributed by atoms with Crippen molar-refractivity contribution in [3.63, 3.8) is 0 Å². The van der Waals surface area contributed by atoms with Crippen LogP contribution in [-0.4, -0.2) is 25.8 Å². The zero-order valence-electron chi connectivity index (χ0n) is 17.5. The summed E-state index contributed by atoms with van der Waals surface area (Å²) < 4.78 is 36.2. The van der Waals surface area contributed by atoms with Gasteiger partial charge in [-0.3, -0.25) is 4.79 Å². The molecule has 164 valence electrons. The second kappa shape index (κ2) is 9.58. The van der Waals surface area contributed by atoms with Crippen LogP contribution in [0.25, 0.3) is 0 Å².